The Bertz CT molecular complexity index is 611. The van der Waals surface area contributed by atoms with Gasteiger partial charge in [-0.2, -0.15) is 0 Å². The molecule has 6 nitrogen and oxygen atoms in total. The van der Waals surface area contributed by atoms with Crippen LogP contribution < -0.4 is 5.32 Å². The molecule has 0 bridgehead atoms. The molecule has 0 radical (unpaired) electrons. The van der Waals surface area contributed by atoms with E-state index in [1.54, 1.807) is 0 Å². The van der Waals surface area contributed by atoms with E-state index in [2.05, 4.69) is 21.2 Å². The van der Waals surface area contributed by atoms with Crippen LogP contribution >= 0.6 is 15.9 Å². The molecule has 2 N–H and O–H groups in total. The van der Waals surface area contributed by atoms with Crippen molar-refractivity contribution in [1.29, 1.82) is 0 Å². The van der Waals surface area contributed by atoms with Crippen molar-refractivity contribution in [3.8, 4) is 0 Å². The number of halogens is 1. The van der Waals surface area contributed by atoms with Crippen molar-refractivity contribution in [1.82, 2.24) is 10.2 Å². The largest absolute Gasteiger partial charge is 0.480 e. The molecule has 0 aromatic heterocycles. The van der Waals surface area contributed by atoms with E-state index >= 15 is 0 Å². The highest BCUT2D eigenvalue weighted by Crippen LogP contribution is 2.17. The molecule has 0 aliphatic carbocycles. The summed E-state index contributed by atoms with van der Waals surface area (Å²) in [7, 11) is 0. The molecule has 2 amide bonds. The van der Waals surface area contributed by atoms with E-state index in [-0.39, 0.29) is 24.4 Å². The first kappa shape index (κ1) is 20.2. The molecule has 0 heterocycles. The second-order valence-corrected chi connectivity index (χ2v) is 7.70. The zero-order valence-corrected chi connectivity index (χ0v) is 15.7. The van der Waals surface area contributed by atoms with Crippen molar-refractivity contribution in [2.45, 2.75) is 33.7 Å². The fourth-order valence-corrected chi connectivity index (χ4v) is 2.53. The maximum atomic E-state index is 12.3. The second-order valence-electron chi connectivity index (χ2n) is 6.79. The summed E-state index contributed by atoms with van der Waals surface area (Å²) in [5.41, 5.74) is 0.629. The molecule has 0 aliphatic heterocycles. The lowest BCUT2D eigenvalue weighted by Crippen LogP contribution is -2.42. The number of carboxylic acids is 1. The summed E-state index contributed by atoms with van der Waals surface area (Å²) in [4.78, 5) is 36.3. The first-order valence-electron chi connectivity index (χ1n) is 7.57. The number of hydrogen-bond donors (Lipinski definition) is 2. The van der Waals surface area contributed by atoms with Gasteiger partial charge in [-0.05, 0) is 23.1 Å². The number of amides is 2. The molecular formula is C17H23BrN2O4. The van der Waals surface area contributed by atoms with Crippen LogP contribution in [0.3, 0.4) is 0 Å². The van der Waals surface area contributed by atoms with Gasteiger partial charge in [0, 0.05) is 17.4 Å². The van der Waals surface area contributed by atoms with Crippen LogP contribution in [0.4, 0.5) is 0 Å². The SMILES string of the molecule is CC(C)(C)CC(=O)NCC(=O)N(CC(=O)O)Cc1cccc(Br)c1. The lowest BCUT2D eigenvalue weighted by Gasteiger charge is -2.22. The summed E-state index contributed by atoms with van der Waals surface area (Å²) in [5, 5.41) is 11.6. The molecule has 0 aliphatic rings. The highest BCUT2D eigenvalue weighted by Gasteiger charge is 2.20. The molecular weight excluding hydrogens is 376 g/mol. The average molecular weight is 399 g/mol. The molecule has 1 aromatic rings. The zero-order chi connectivity index (χ0) is 18.3. The summed E-state index contributed by atoms with van der Waals surface area (Å²) >= 11 is 3.34. The highest BCUT2D eigenvalue weighted by atomic mass is 79.9. The van der Waals surface area contributed by atoms with E-state index < -0.39 is 18.4 Å². The molecule has 0 atom stereocenters. The van der Waals surface area contributed by atoms with E-state index in [4.69, 9.17) is 5.11 Å². The maximum Gasteiger partial charge on any atom is 0.323 e. The number of carboxylic acid groups (broad SMARTS) is 1. The third kappa shape index (κ3) is 8.10. The minimum absolute atomic E-state index is 0.166. The summed E-state index contributed by atoms with van der Waals surface area (Å²) in [6.45, 7) is 5.32. The summed E-state index contributed by atoms with van der Waals surface area (Å²) in [6.07, 6.45) is 0.296. The Morgan fingerprint density at radius 2 is 1.92 bits per heavy atom. The maximum absolute atomic E-state index is 12.3. The number of rotatable bonds is 7. The number of nitrogens with one attached hydrogen (secondary N) is 1. The van der Waals surface area contributed by atoms with Crippen LogP contribution in [0.1, 0.15) is 32.8 Å². The number of carbonyl (C=O) groups is 3. The first-order chi connectivity index (χ1) is 11.1. The number of benzene rings is 1. The molecule has 0 saturated carbocycles. The van der Waals surface area contributed by atoms with E-state index in [1.807, 2.05) is 45.0 Å². The summed E-state index contributed by atoms with van der Waals surface area (Å²) in [5.74, 6) is -1.76. The Kier molecular flexibility index (Phi) is 7.41. The van der Waals surface area contributed by atoms with Gasteiger partial charge in [0.05, 0.1) is 6.54 Å². The second kappa shape index (κ2) is 8.82. The van der Waals surface area contributed by atoms with Gasteiger partial charge in [-0.1, -0.05) is 48.8 Å². The number of nitrogens with zero attached hydrogens (tertiary/aromatic N) is 1. The van der Waals surface area contributed by atoms with Crippen molar-refractivity contribution in [2.24, 2.45) is 5.41 Å². The van der Waals surface area contributed by atoms with Gasteiger partial charge in [0.1, 0.15) is 6.54 Å². The normalized spacial score (nSPS) is 11.0. The van der Waals surface area contributed by atoms with Crippen molar-refractivity contribution in [2.75, 3.05) is 13.1 Å². The van der Waals surface area contributed by atoms with Gasteiger partial charge in [-0.3, -0.25) is 14.4 Å². The number of hydrogen-bond acceptors (Lipinski definition) is 3. The molecule has 1 rings (SSSR count). The highest BCUT2D eigenvalue weighted by molar-refractivity contribution is 9.10. The third-order valence-corrected chi connectivity index (χ3v) is 3.56. The monoisotopic (exact) mass is 398 g/mol. The summed E-state index contributed by atoms with van der Waals surface area (Å²) in [6, 6.07) is 7.29. The summed E-state index contributed by atoms with van der Waals surface area (Å²) < 4.78 is 0.848. The van der Waals surface area contributed by atoms with E-state index in [1.165, 1.54) is 4.90 Å². The first-order valence-corrected chi connectivity index (χ1v) is 8.37. The van der Waals surface area contributed by atoms with Crippen molar-refractivity contribution in [3.63, 3.8) is 0 Å². The Morgan fingerprint density at radius 1 is 1.25 bits per heavy atom. The minimum Gasteiger partial charge on any atom is -0.480 e. The van der Waals surface area contributed by atoms with Crippen LogP contribution in [-0.2, 0) is 20.9 Å². The van der Waals surface area contributed by atoms with Crippen molar-refractivity contribution < 1.29 is 19.5 Å². The third-order valence-electron chi connectivity index (χ3n) is 3.07. The van der Waals surface area contributed by atoms with Crippen LogP contribution in [0.5, 0.6) is 0 Å². The zero-order valence-electron chi connectivity index (χ0n) is 14.1. The molecule has 0 spiro atoms. The van der Waals surface area contributed by atoms with Gasteiger partial charge in [-0.25, -0.2) is 0 Å². The number of carbonyl (C=O) groups excluding carboxylic acids is 2. The van der Waals surface area contributed by atoms with Gasteiger partial charge < -0.3 is 15.3 Å². The van der Waals surface area contributed by atoms with E-state index in [0.717, 1.165) is 10.0 Å². The molecule has 0 unspecified atom stereocenters. The van der Waals surface area contributed by atoms with Gasteiger partial charge in [0.2, 0.25) is 11.8 Å². The van der Waals surface area contributed by atoms with Crippen LogP contribution in [-0.4, -0.2) is 40.9 Å². The number of aliphatic carboxylic acids is 1. The van der Waals surface area contributed by atoms with Gasteiger partial charge >= 0.3 is 5.97 Å². The quantitative estimate of drug-likeness (QED) is 0.737. The molecule has 1 aromatic carbocycles. The average Bonchev–Trinajstić information content (AvgIpc) is 2.41. The fraction of sp³-hybridized carbons (Fsp3) is 0.471. The topological polar surface area (TPSA) is 86.7 Å². The Morgan fingerprint density at radius 3 is 2.46 bits per heavy atom. The van der Waals surface area contributed by atoms with Gasteiger partial charge in [0.15, 0.2) is 0 Å². The fourth-order valence-electron chi connectivity index (χ4n) is 2.08. The smallest absolute Gasteiger partial charge is 0.323 e. The van der Waals surface area contributed by atoms with E-state index in [0.29, 0.717) is 6.42 Å². The molecule has 7 heteroatoms. The van der Waals surface area contributed by atoms with Crippen LogP contribution in [0.15, 0.2) is 28.7 Å². The lowest BCUT2D eigenvalue weighted by molar-refractivity contribution is -0.144. The lowest BCUT2D eigenvalue weighted by atomic mass is 9.92. The van der Waals surface area contributed by atoms with Crippen LogP contribution in [0.2, 0.25) is 0 Å². The van der Waals surface area contributed by atoms with Gasteiger partial charge in [-0.15, -0.1) is 0 Å². The van der Waals surface area contributed by atoms with Gasteiger partial charge in [0.25, 0.3) is 0 Å². The Labute approximate surface area is 150 Å². The molecule has 24 heavy (non-hydrogen) atoms. The Balaban J connectivity index is 2.68. The van der Waals surface area contributed by atoms with Crippen LogP contribution in [0, 0.1) is 5.41 Å². The van der Waals surface area contributed by atoms with E-state index in [9.17, 15) is 14.4 Å². The van der Waals surface area contributed by atoms with Crippen molar-refractivity contribution >= 4 is 33.7 Å². The Hall–Kier alpha value is -1.89. The van der Waals surface area contributed by atoms with Crippen molar-refractivity contribution in [3.05, 3.63) is 34.3 Å². The predicted octanol–water partition coefficient (Wildman–Crippen LogP) is 2.41. The van der Waals surface area contributed by atoms with Crippen LogP contribution in [0.25, 0.3) is 0 Å². The molecule has 132 valence electrons. The molecule has 0 fully saturated rings. The minimum atomic E-state index is -1.10. The molecule has 0 saturated heterocycles. The predicted molar refractivity (Wildman–Crippen MR) is 94.3 cm³/mol. The standard InChI is InChI=1S/C17H23BrN2O4/c1-17(2,3)8-14(21)19-9-15(22)20(11-16(23)24)10-12-5-4-6-13(18)7-12/h4-7H,8-11H2,1-3H3,(H,19,21)(H,23,24).